The van der Waals surface area contributed by atoms with Gasteiger partial charge >= 0.3 is 0 Å². The number of rotatable bonds is 3. The molecule has 0 N–H and O–H groups in total. The van der Waals surface area contributed by atoms with Crippen molar-refractivity contribution in [3.05, 3.63) is 21.8 Å². The van der Waals surface area contributed by atoms with Crippen molar-refractivity contribution < 1.29 is 14.4 Å². The van der Waals surface area contributed by atoms with Gasteiger partial charge in [-0.1, -0.05) is 6.08 Å². The van der Waals surface area contributed by atoms with E-state index in [1.807, 2.05) is 0 Å². The predicted octanol–water partition coefficient (Wildman–Crippen LogP) is 2.81. The molecule has 2 saturated carbocycles. The number of allylic oxidation sites excluding steroid dienone is 2. The number of hydrogen-bond donors (Lipinski definition) is 0. The molecule has 120 valence electrons. The Balaban J connectivity index is 1.59. The van der Waals surface area contributed by atoms with E-state index >= 15 is 0 Å². The zero-order valence-electron chi connectivity index (χ0n) is 12.6. The van der Waals surface area contributed by atoms with Crippen LogP contribution in [0.3, 0.4) is 0 Å². The van der Waals surface area contributed by atoms with Crippen molar-refractivity contribution in [1.82, 2.24) is 0 Å². The molecular weight excluding hydrogens is 284 g/mol. The Morgan fingerprint density at radius 1 is 1.14 bits per heavy atom. The van der Waals surface area contributed by atoms with Crippen LogP contribution >= 0.6 is 0 Å². The molecule has 0 aromatic rings. The van der Waals surface area contributed by atoms with Crippen molar-refractivity contribution in [3.63, 3.8) is 0 Å². The average Bonchev–Trinajstić information content (AvgIpc) is 3.00. The lowest BCUT2D eigenvalue weighted by molar-refractivity contribution is -0.526. The molecule has 3 unspecified atom stereocenters. The molecular formula is C16H22N2O4. The van der Waals surface area contributed by atoms with Crippen LogP contribution in [0.4, 0.5) is 0 Å². The van der Waals surface area contributed by atoms with Gasteiger partial charge in [0.2, 0.25) is 6.04 Å². The Hall–Kier alpha value is -1.45. The van der Waals surface area contributed by atoms with E-state index in [1.165, 1.54) is 0 Å². The summed E-state index contributed by atoms with van der Waals surface area (Å²) in [7, 11) is 0. The van der Waals surface area contributed by atoms with Gasteiger partial charge in [-0.25, -0.2) is 0 Å². The molecule has 0 radical (unpaired) electrons. The van der Waals surface area contributed by atoms with Crippen LogP contribution in [0.1, 0.15) is 44.9 Å². The Morgan fingerprint density at radius 3 is 2.55 bits per heavy atom. The Morgan fingerprint density at radius 2 is 1.86 bits per heavy atom. The zero-order chi connectivity index (χ0) is 15.5. The third-order valence-corrected chi connectivity index (χ3v) is 5.31. The van der Waals surface area contributed by atoms with Gasteiger partial charge in [-0.2, -0.15) is 5.26 Å². The highest BCUT2D eigenvalue weighted by Crippen LogP contribution is 2.36. The Kier molecular flexibility index (Phi) is 4.74. The summed E-state index contributed by atoms with van der Waals surface area (Å²) in [5.74, 6) is 0.561. The minimum atomic E-state index is -0.421. The zero-order valence-corrected chi connectivity index (χ0v) is 12.6. The van der Waals surface area contributed by atoms with Gasteiger partial charge in [0.15, 0.2) is 0 Å². The summed E-state index contributed by atoms with van der Waals surface area (Å²) >= 11 is 0. The van der Waals surface area contributed by atoms with Gasteiger partial charge in [0.25, 0.3) is 0 Å². The predicted molar refractivity (Wildman–Crippen MR) is 78.4 cm³/mol. The van der Waals surface area contributed by atoms with Crippen LogP contribution in [-0.2, 0) is 9.47 Å². The van der Waals surface area contributed by atoms with Gasteiger partial charge in [0.05, 0.1) is 18.3 Å². The molecule has 0 aromatic carbocycles. The average molecular weight is 306 g/mol. The van der Waals surface area contributed by atoms with Gasteiger partial charge in [0, 0.05) is 23.3 Å². The first-order chi connectivity index (χ1) is 10.7. The fraction of sp³-hybridized carbons (Fsp3) is 0.812. The van der Waals surface area contributed by atoms with Crippen LogP contribution in [0.15, 0.2) is 11.6 Å². The summed E-state index contributed by atoms with van der Waals surface area (Å²) in [6.07, 6.45) is 8.11. The van der Waals surface area contributed by atoms with Crippen molar-refractivity contribution in [2.45, 2.75) is 63.2 Å². The van der Waals surface area contributed by atoms with Crippen LogP contribution in [0.2, 0.25) is 0 Å². The first kappa shape index (κ1) is 15.4. The normalized spacial score (nSPS) is 39.0. The van der Waals surface area contributed by atoms with Crippen molar-refractivity contribution in [1.29, 1.82) is 5.26 Å². The summed E-state index contributed by atoms with van der Waals surface area (Å²) < 4.78 is 11.1. The number of hydrogen-bond acceptors (Lipinski definition) is 5. The number of fused-ring (bicyclic) bond motifs is 1. The van der Waals surface area contributed by atoms with E-state index in [1.54, 1.807) is 0 Å². The highest BCUT2D eigenvalue weighted by molar-refractivity contribution is 5.25. The Labute approximate surface area is 130 Å². The second-order valence-electron chi connectivity index (χ2n) is 6.63. The van der Waals surface area contributed by atoms with E-state index in [4.69, 9.17) is 9.47 Å². The molecule has 0 aromatic heterocycles. The first-order valence-electron chi connectivity index (χ1n) is 8.16. The second-order valence-corrected chi connectivity index (χ2v) is 6.63. The smallest absolute Gasteiger partial charge is 0.213 e. The van der Waals surface area contributed by atoms with E-state index in [2.05, 4.69) is 12.1 Å². The molecule has 3 atom stereocenters. The molecule has 2 aliphatic carbocycles. The fourth-order valence-corrected chi connectivity index (χ4v) is 3.98. The monoisotopic (exact) mass is 306 g/mol. The highest BCUT2D eigenvalue weighted by atomic mass is 16.7. The molecule has 0 spiro atoms. The summed E-state index contributed by atoms with van der Waals surface area (Å²) in [5, 5.41) is 20.3. The van der Waals surface area contributed by atoms with Gasteiger partial charge in [-0.05, 0) is 43.9 Å². The third-order valence-electron chi connectivity index (χ3n) is 5.31. The van der Waals surface area contributed by atoms with E-state index in [0.29, 0.717) is 25.6 Å². The lowest BCUT2D eigenvalue weighted by atomic mass is 9.78. The van der Waals surface area contributed by atoms with Crippen LogP contribution in [0.25, 0.3) is 0 Å². The lowest BCUT2D eigenvalue weighted by Crippen LogP contribution is -2.31. The maximum absolute atomic E-state index is 10.8. The summed E-state index contributed by atoms with van der Waals surface area (Å²) in [6.45, 7) is 0.391. The molecule has 3 rings (SSSR count). The molecule has 3 fully saturated rings. The molecule has 1 saturated heterocycles. The van der Waals surface area contributed by atoms with Crippen molar-refractivity contribution in [2.24, 2.45) is 11.8 Å². The first-order valence-corrected chi connectivity index (χ1v) is 8.16. The van der Waals surface area contributed by atoms with E-state index in [0.717, 1.165) is 37.7 Å². The highest BCUT2D eigenvalue weighted by Gasteiger charge is 2.36. The summed E-state index contributed by atoms with van der Waals surface area (Å²) in [5.41, 5.74) is 0.823. The number of nitriles is 1. The van der Waals surface area contributed by atoms with Gasteiger partial charge in [-0.15, -0.1) is 0 Å². The molecule has 6 heteroatoms. The molecule has 3 aliphatic rings. The van der Waals surface area contributed by atoms with E-state index in [-0.39, 0.29) is 23.0 Å². The molecule has 0 bridgehead atoms. The quantitative estimate of drug-likeness (QED) is 0.454. The Bertz CT molecular complexity index is 491. The van der Waals surface area contributed by atoms with Crippen molar-refractivity contribution in [2.75, 3.05) is 6.79 Å². The molecule has 22 heavy (non-hydrogen) atoms. The minimum absolute atomic E-state index is 0.167. The van der Waals surface area contributed by atoms with Gasteiger partial charge < -0.3 is 9.47 Å². The van der Waals surface area contributed by atoms with E-state index < -0.39 is 6.04 Å². The lowest BCUT2D eigenvalue weighted by Gasteiger charge is -2.29. The van der Waals surface area contributed by atoms with Crippen LogP contribution < -0.4 is 0 Å². The van der Waals surface area contributed by atoms with Crippen LogP contribution in [0, 0.1) is 33.3 Å². The maximum Gasteiger partial charge on any atom is 0.213 e. The third kappa shape index (κ3) is 3.31. The second kappa shape index (κ2) is 6.76. The van der Waals surface area contributed by atoms with Crippen molar-refractivity contribution >= 4 is 0 Å². The number of nitro groups is 1. The summed E-state index contributed by atoms with van der Waals surface area (Å²) in [6, 6.07) is 1.92. The van der Waals surface area contributed by atoms with Crippen LogP contribution in [-0.4, -0.2) is 30.0 Å². The topological polar surface area (TPSA) is 85.4 Å². The summed E-state index contributed by atoms with van der Waals surface area (Å²) in [4.78, 5) is 10.6. The molecule has 0 amide bonds. The fourth-order valence-electron chi connectivity index (χ4n) is 3.98. The van der Waals surface area contributed by atoms with Gasteiger partial charge in [-0.3, -0.25) is 10.1 Å². The maximum atomic E-state index is 10.8. The SMILES string of the molecule is N#CC(=CC1CCC2OCOC2C1)C1CCC([N+](=O)[O-])CC1. The van der Waals surface area contributed by atoms with Crippen LogP contribution in [0.5, 0.6) is 0 Å². The largest absolute Gasteiger partial charge is 0.349 e. The van der Waals surface area contributed by atoms with E-state index in [9.17, 15) is 15.4 Å². The minimum Gasteiger partial charge on any atom is -0.349 e. The van der Waals surface area contributed by atoms with Crippen molar-refractivity contribution in [3.8, 4) is 6.07 Å². The number of ether oxygens (including phenoxy) is 2. The molecule has 1 aliphatic heterocycles. The molecule has 6 nitrogen and oxygen atoms in total. The number of nitrogens with zero attached hydrogens (tertiary/aromatic N) is 2. The molecule has 1 heterocycles. The van der Waals surface area contributed by atoms with Gasteiger partial charge in [0.1, 0.15) is 6.79 Å². The standard InChI is InChI=1S/C16H22N2O4/c17-9-13(12-2-4-14(5-3-12)18(19)20)7-11-1-6-15-16(8-11)22-10-21-15/h7,11-12,14-16H,1-6,8,10H2.